The number of aromatic nitrogens is 2. The summed E-state index contributed by atoms with van der Waals surface area (Å²) in [5.74, 6) is 3.08. The van der Waals surface area contributed by atoms with Gasteiger partial charge in [0.25, 0.3) is 5.91 Å². The smallest absolute Gasteiger partial charge is 0.291 e. The van der Waals surface area contributed by atoms with Crippen LogP contribution in [-0.2, 0) is 5.41 Å². The van der Waals surface area contributed by atoms with Gasteiger partial charge >= 0.3 is 0 Å². The summed E-state index contributed by atoms with van der Waals surface area (Å²) in [6.45, 7) is 0. The van der Waals surface area contributed by atoms with Gasteiger partial charge in [0.2, 0.25) is 0 Å². The maximum Gasteiger partial charge on any atom is 0.291 e. The minimum Gasteiger partial charge on any atom is -0.496 e. The number of allylic oxidation sites excluding steroid dienone is 1. The first-order valence-corrected chi connectivity index (χ1v) is 10.8. The summed E-state index contributed by atoms with van der Waals surface area (Å²) in [4.78, 5) is 12.5. The van der Waals surface area contributed by atoms with Gasteiger partial charge in [-0.3, -0.25) is 9.89 Å². The lowest BCUT2D eigenvalue weighted by Crippen LogP contribution is -2.48. The van der Waals surface area contributed by atoms with Crippen LogP contribution in [0.5, 0.6) is 5.75 Å². The Morgan fingerprint density at radius 3 is 2.60 bits per heavy atom. The van der Waals surface area contributed by atoms with Gasteiger partial charge in [-0.2, -0.15) is 10.2 Å². The second kappa shape index (κ2) is 7.74. The molecule has 0 atom stereocenters. The highest BCUT2D eigenvalue weighted by Crippen LogP contribution is 2.60. The molecule has 4 fully saturated rings. The number of carbonyl (C=O) groups is 1. The van der Waals surface area contributed by atoms with E-state index in [1.54, 1.807) is 19.4 Å². The Morgan fingerprint density at radius 2 is 1.90 bits per heavy atom. The van der Waals surface area contributed by atoms with Gasteiger partial charge in [-0.1, -0.05) is 18.2 Å². The van der Waals surface area contributed by atoms with Crippen molar-refractivity contribution in [1.82, 2.24) is 15.6 Å². The molecule has 0 radical (unpaired) electrons. The number of nitrogens with zero attached hydrogens (tertiary/aromatic N) is 2. The number of benzene rings is 1. The highest BCUT2D eigenvalue weighted by atomic mass is 16.5. The van der Waals surface area contributed by atoms with Crippen molar-refractivity contribution in [2.45, 2.75) is 43.9 Å². The van der Waals surface area contributed by atoms with Crippen molar-refractivity contribution >= 4 is 18.2 Å². The van der Waals surface area contributed by atoms with E-state index in [2.05, 4.69) is 20.7 Å². The standard InChI is InChI=1S/C24H28N4O2/c1-30-21-7-3-2-5-19(21)6-4-8-25-28-23(29)20-12-22(27-26-20)24-13-16-9-17(14-24)11-18(10-16)15-24/h2-8,12,16-18H,9-11,13-15H2,1H3,(H,26,27)(H,28,29)/b6-4+,25-8-. The number of ether oxygens (including phenoxy) is 1. The van der Waals surface area contributed by atoms with E-state index < -0.39 is 0 Å². The molecule has 6 rings (SSSR count). The number of hydrazone groups is 1. The SMILES string of the molecule is COc1ccccc1/C=C/C=N\NC(=O)c1cc(C23CC4CC(CC(C4)C2)C3)[nH]n1. The van der Waals surface area contributed by atoms with Gasteiger partial charge in [0.1, 0.15) is 5.75 Å². The Bertz CT molecular complexity index is 955. The molecule has 2 N–H and O–H groups in total. The molecule has 30 heavy (non-hydrogen) atoms. The first-order chi connectivity index (χ1) is 14.6. The molecule has 6 nitrogen and oxygen atoms in total. The molecule has 4 aliphatic rings. The van der Waals surface area contributed by atoms with Crippen molar-refractivity contribution in [2.75, 3.05) is 7.11 Å². The Morgan fingerprint density at radius 1 is 1.20 bits per heavy atom. The molecule has 6 heteroatoms. The average molecular weight is 405 g/mol. The van der Waals surface area contributed by atoms with E-state index in [0.29, 0.717) is 5.69 Å². The first kappa shape index (κ1) is 19.1. The van der Waals surface area contributed by atoms with E-state index in [4.69, 9.17) is 4.74 Å². The van der Waals surface area contributed by atoms with Crippen LogP contribution in [0.25, 0.3) is 6.08 Å². The zero-order valence-corrected chi connectivity index (χ0v) is 17.3. The second-order valence-corrected chi connectivity index (χ2v) is 9.18. The van der Waals surface area contributed by atoms with E-state index in [0.717, 1.165) is 34.8 Å². The summed E-state index contributed by atoms with van der Waals surface area (Å²) in [7, 11) is 1.64. The molecule has 0 saturated heterocycles. The quantitative estimate of drug-likeness (QED) is 0.556. The third-order valence-corrected chi connectivity index (χ3v) is 7.16. The van der Waals surface area contributed by atoms with Crippen LogP contribution in [-0.4, -0.2) is 29.4 Å². The number of nitrogens with one attached hydrogen (secondary N) is 2. The predicted octanol–water partition coefficient (Wildman–Crippen LogP) is 4.32. The molecule has 1 aromatic heterocycles. The number of aromatic amines is 1. The molecular formula is C24H28N4O2. The monoisotopic (exact) mass is 404 g/mol. The molecule has 156 valence electrons. The molecule has 2 aromatic rings. The van der Waals surface area contributed by atoms with E-state index in [9.17, 15) is 4.79 Å². The van der Waals surface area contributed by atoms with Crippen LogP contribution in [0.1, 0.15) is 60.3 Å². The Balaban J connectivity index is 1.21. The third-order valence-electron chi connectivity index (χ3n) is 7.16. The lowest BCUT2D eigenvalue weighted by molar-refractivity contribution is -0.00721. The average Bonchev–Trinajstić information content (AvgIpc) is 3.24. The molecule has 1 aromatic carbocycles. The van der Waals surface area contributed by atoms with E-state index in [1.807, 2.05) is 36.4 Å². The third kappa shape index (κ3) is 3.55. The van der Waals surface area contributed by atoms with Gasteiger partial charge in [-0.05, 0) is 80.6 Å². The van der Waals surface area contributed by atoms with E-state index in [1.165, 1.54) is 38.5 Å². The van der Waals surface area contributed by atoms with Crippen LogP contribution in [0.2, 0.25) is 0 Å². The summed E-state index contributed by atoms with van der Waals surface area (Å²) in [5, 5.41) is 11.5. The number of H-pyrrole nitrogens is 1. The van der Waals surface area contributed by atoms with Gasteiger partial charge in [0, 0.05) is 22.9 Å². The number of carbonyl (C=O) groups excluding carboxylic acids is 1. The lowest BCUT2D eigenvalue weighted by Gasteiger charge is -2.56. The van der Waals surface area contributed by atoms with Gasteiger partial charge in [0.15, 0.2) is 5.69 Å². The second-order valence-electron chi connectivity index (χ2n) is 9.18. The number of hydrogen-bond donors (Lipinski definition) is 2. The largest absolute Gasteiger partial charge is 0.496 e. The topological polar surface area (TPSA) is 79.4 Å². The van der Waals surface area contributed by atoms with Crippen molar-refractivity contribution in [3.63, 3.8) is 0 Å². The summed E-state index contributed by atoms with van der Waals surface area (Å²) < 4.78 is 5.31. The van der Waals surface area contributed by atoms with Crippen molar-refractivity contribution in [3.05, 3.63) is 53.4 Å². The van der Waals surface area contributed by atoms with Crippen LogP contribution in [0.15, 0.2) is 41.5 Å². The molecule has 4 bridgehead atoms. The highest BCUT2D eigenvalue weighted by molar-refractivity contribution is 5.93. The summed E-state index contributed by atoms with van der Waals surface area (Å²) in [6.07, 6.45) is 13.1. The number of rotatable bonds is 6. The molecular weight excluding hydrogens is 376 g/mol. The number of methoxy groups -OCH3 is 1. The predicted molar refractivity (Wildman–Crippen MR) is 116 cm³/mol. The molecule has 0 unspecified atom stereocenters. The zero-order chi connectivity index (χ0) is 20.6. The van der Waals surface area contributed by atoms with Crippen molar-refractivity contribution in [1.29, 1.82) is 0 Å². The Kier molecular flexibility index (Phi) is 4.93. The Hall–Kier alpha value is -2.89. The summed E-state index contributed by atoms with van der Waals surface area (Å²) >= 11 is 0. The molecule has 1 heterocycles. The number of para-hydroxylation sites is 1. The zero-order valence-electron chi connectivity index (χ0n) is 17.3. The van der Waals surface area contributed by atoms with Crippen LogP contribution in [0, 0.1) is 17.8 Å². The van der Waals surface area contributed by atoms with E-state index in [-0.39, 0.29) is 11.3 Å². The van der Waals surface area contributed by atoms with Crippen molar-refractivity contribution in [2.24, 2.45) is 22.9 Å². The molecule has 0 spiro atoms. The fraction of sp³-hybridized carbons (Fsp3) is 0.458. The number of amides is 1. The summed E-state index contributed by atoms with van der Waals surface area (Å²) in [6, 6.07) is 9.67. The van der Waals surface area contributed by atoms with Gasteiger partial charge in [0.05, 0.1) is 7.11 Å². The lowest BCUT2D eigenvalue weighted by atomic mass is 9.49. The Labute approximate surface area is 176 Å². The van der Waals surface area contributed by atoms with E-state index >= 15 is 0 Å². The maximum absolute atomic E-state index is 12.5. The van der Waals surface area contributed by atoms with Crippen LogP contribution in [0.3, 0.4) is 0 Å². The van der Waals surface area contributed by atoms with Crippen molar-refractivity contribution in [3.8, 4) is 5.75 Å². The van der Waals surface area contributed by atoms with Crippen molar-refractivity contribution < 1.29 is 9.53 Å². The molecule has 4 saturated carbocycles. The normalized spacial score (nSPS) is 29.7. The maximum atomic E-state index is 12.5. The fourth-order valence-electron chi connectivity index (χ4n) is 6.30. The first-order valence-electron chi connectivity index (χ1n) is 10.8. The van der Waals surface area contributed by atoms with Gasteiger partial charge in [-0.25, -0.2) is 5.43 Å². The molecule has 0 aliphatic heterocycles. The van der Waals surface area contributed by atoms with Crippen LogP contribution < -0.4 is 10.2 Å². The van der Waals surface area contributed by atoms with Gasteiger partial charge < -0.3 is 4.74 Å². The minimum absolute atomic E-state index is 0.209. The fourth-order valence-corrected chi connectivity index (χ4v) is 6.30. The molecule has 1 amide bonds. The molecule has 4 aliphatic carbocycles. The van der Waals surface area contributed by atoms with Crippen LogP contribution >= 0.6 is 0 Å². The minimum atomic E-state index is -0.288. The highest BCUT2D eigenvalue weighted by Gasteiger charge is 2.52. The van der Waals surface area contributed by atoms with Crippen LogP contribution in [0.4, 0.5) is 0 Å². The van der Waals surface area contributed by atoms with Gasteiger partial charge in [-0.15, -0.1) is 0 Å². The summed E-state index contributed by atoms with van der Waals surface area (Å²) in [5.41, 5.74) is 5.28. The number of hydrogen-bond acceptors (Lipinski definition) is 4.